The predicted molar refractivity (Wildman–Crippen MR) is 119 cm³/mol. The minimum Gasteiger partial charge on any atom is -0.475 e. The average molecular weight is 473 g/mol. The van der Waals surface area contributed by atoms with Crippen molar-refractivity contribution in [3.8, 4) is 11.1 Å². The number of hydrogen-bond acceptors (Lipinski definition) is 5. The van der Waals surface area contributed by atoms with Crippen LogP contribution >= 0.6 is 0 Å². The van der Waals surface area contributed by atoms with Crippen molar-refractivity contribution in [2.75, 3.05) is 18.1 Å². The number of carboxylic acid groups (broad SMARTS) is 1. The minimum atomic E-state index is -5.08. The molecule has 2 aromatic carbocycles. The lowest BCUT2D eigenvalue weighted by molar-refractivity contribution is -0.192. The monoisotopic (exact) mass is 473 g/mol. The fraction of sp³-hybridized carbons (Fsp3) is 0.208. The summed E-state index contributed by atoms with van der Waals surface area (Å²) in [4.78, 5) is 26.4. The van der Waals surface area contributed by atoms with E-state index in [2.05, 4.69) is 40.6 Å². The van der Waals surface area contributed by atoms with Crippen LogP contribution in [0.15, 0.2) is 73.1 Å². The Labute approximate surface area is 193 Å². The summed E-state index contributed by atoms with van der Waals surface area (Å²) in [5.74, 6) is -2.76. The molecule has 1 fully saturated rings. The zero-order valence-corrected chi connectivity index (χ0v) is 18.0. The molecule has 4 rings (SSSR count). The molecular weight excluding hydrogens is 451 g/mol. The van der Waals surface area contributed by atoms with Crippen molar-refractivity contribution in [1.82, 2.24) is 10.3 Å². The highest BCUT2D eigenvalue weighted by molar-refractivity contribution is 5.89. The number of ether oxygens (including phenoxy) is 1. The Hall–Kier alpha value is -3.92. The predicted octanol–water partition coefficient (Wildman–Crippen LogP) is 4.63. The second-order valence-electron chi connectivity index (χ2n) is 7.28. The van der Waals surface area contributed by atoms with E-state index in [9.17, 15) is 18.0 Å². The summed E-state index contributed by atoms with van der Waals surface area (Å²) >= 11 is 0. The van der Waals surface area contributed by atoms with Crippen LogP contribution in [0.3, 0.4) is 0 Å². The van der Waals surface area contributed by atoms with Gasteiger partial charge in [0.1, 0.15) is 6.61 Å². The Morgan fingerprint density at radius 2 is 1.62 bits per heavy atom. The summed E-state index contributed by atoms with van der Waals surface area (Å²) in [6.07, 6.45) is -1.74. The third kappa shape index (κ3) is 7.04. The van der Waals surface area contributed by atoms with E-state index in [1.807, 2.05) is 42.7 Å². The summed E-state index contributed by atoms with van der Waals surface area (Å²) in [6.45, 7) is 2.57. The number of nitrogens with zero attached hydrogens (tertiary/aromatic N) is 2. The van der Waals surface area contributed by atoms with Crippen LogP contribution in [0, 0.1) is 0 Å². The fourth-order valence-corrected chi connectivity index (χ4v) is 3.22. The number of pyridine rings is 1. The van der Waals surface area contributed by atoms with Gasteiger partial charge in [0.25, 0.3) is 0 Å². The summed E-state index contributed by atoms with van der Waals surface area (Å²) in [7, 11) is 0. The van der Waals surface area contributed by atoms with Gasteiger partial charge in [-0.15, -0.1) is 0 Å². The Kier molecular flexibility index (Phi) is 8.20. The third-order valence-corrected chi connectivity index (χ3v) is 4.82. The van der Waals surface area contributed by atoms with Crippen LogP contribution in [-0.2, 0) is 22.6 Å². The second kappa shape index (κ2) is 11.3. The van der Waals surface area contributed by atoms with Crippen molar-refractivity contribution in [1.29, 1.82) is 0 Å². The van der Waals surface area contributed by atoms with Crippen molar-refractivity contribution >= 4 is 17.7 Å². The van der Waals surface area contributed by atoms with Gasteiger partial charge in [-0.05, 0) is 52.6 Å². The molecule has 2 N–H and O–H groups in total. The van der Waals surface area contributed by atoms with Gasteiger partial charge in [-0.1, -0.05) is 30.3 Å². The van der Waals surface area contributed by atoms with E-state index in [1.54, 1.807) is 4.90 Å². The zero-order valence-electron chi connectivity index (χ0n) is 18.0. The van der Waals surface area contributed by atoms with Crippen LogP contribution in [0.1, 0.15) is 11.1 Å². The van der Waals surface area contributed by atoms with Crippen molar-refractivity contribution in [3.63, 3.8) is 0 Å². The highest BCUT2D eigenvalue weighted by Crippen LogP contribution is 2.21. The molecule has 7 nitrogen and oxygen atoms in total. The van der Waals surface area contributed by atoms with Crippen LogP contribution in [-0.4, -0.2) is 41.5 Å². The molecule has 1 aromatic heterocycles. The number of amides is 1. The molecule has 0 bridgehead atoms. The van der Waals surface area contributed by atoms with Crippen LogP contribution in [0.2, 0.25) is 0 Å². The first-order valence-corrected chi connectivity index (χ1v) is 10.3. The first-order valence-electron chi connectivity index (χ1n) is 10.3. The van der Waals surface area contributed by atoms with Crippen LogP contribution in [0.5, 0.6) is 0 Å². The second-order valence-corrected chi connectivity index (χ2v) is 7.28. The summed E-state index contributed by atoms with van der Waals surface area (Å²) in [6, 6.07) is 20.5. The van der Waals surface area contributed by atoms with Gasteiger partial charge in [-0.2, -0.15) is 13.2 Å². The smallest absolute Gasteiger partial charge is 0.475 e. The molecule has 0 radical (unpaired) electrons. The van der Waals surface area contributed by atoms with Gasteiger partial charge >= 0.3 is 18.2 Å². The largest absolute Gasteiger partial charge is 0.490 e. The number of halogens is 3. The number of benzene rings is 2. The van der Waals surface area contributed by atoms with Gasteiger partial charge < -0.3 is 15.2 Å². The van der Waals surface area contributed by atoms with E-state index in [0.29, 0.717) is 13.2 Å². The van der Waals surface area contributed by atoms with E-state index in [4.69, 9.17) is 14.6 Å². The van der Waals surface area contributed by atoms with Crippen molar-refractivity contribution < 1.29 is 32.6 Å². The molecule has 1 amide bonds. The maximum Gasteiger partial charge on any atom is 0.490 e. The molecule has 1 saturated heterocycles. The van der Waals surface area contributed by atoms with E-state index >= 15 is 0 Å². The quantitative estimate of drug-likeness (QED) is 0.543. The molecule has 34 heavy (non-hydrogen) atoms. The Balaban J connectivity index is 0.000000406. The van der Waals surface area contributed by atoms with E-state index in [1.165, 1.54) is 11.1 Å². The topological polar surface area (TPSA) is 91.8 Å². The lowest BCUT2D eigenvalue weighted by Crippen LogP contribution is -2.23. The van der Waals surface area contributed by atoms with Crippen LogP contribution < -0.4 is 10.2 Å². The molecular formula is C24H22F3N3O4. The van der Waals surface area contributed by atoms with Gasteiger partial charge in [-0.3, -0.25) is 9.88 Å². The highest BCUT2D eigenvalue weighted by Gasteiger charge is 2.38. The summed E-state index contributed by atoms with van der Waals surface area (Å²) < 4.78 is 36.7. The molecule has 2 heterocycles. The summed E-state index contributed by atoms with van der Waals surface area (Å²) in [5.41, 5.74) is 5.60. The first-order chi connectivity index (χ1) is 16.2. The van der Waals surface area contributed by atoms with E-state index < -0.39 is 12.1 Å². The minimum absolute atomic E-state index is 0.270. The maximum absolute atomic E-state index is 11.7. The molecule has 178 valence electrons. The number of aromatic nitrogens is 1. The summed E-state index contributed by atoms with van der Waals surface area (Å²) in [5, 5.41) is 10.6. The molecule has 0 atom stereocenters. The Morgan fingerprint density at radius 3 is 2.21 bits per heavy atom. The average Bonchev–Trinajstić information content (AvgIpc) is 3.26. The van der Waals surface area contributed by atoms with Gasteiger partial charge in [0.2, 0.25) is 0 Å². The molecule has 0 saturated carbocycles. The van der Waals surface area contributed by atoms with Crippen molar-refractivity contribution in [2.24, 2.45) is 0 Å². The van der Waals surface area contributed by atoms with Gasteiger partial charge in [-0.25, -0.2) is 9.59 Å². The molecule has 3 aromatic rings. The van der Waals surface area contributed by atoms with Gasteiger partial charge in [0.05, 0.1) is 6.54 Å². The molecule has 0 aliphatic carbocycles. The standard InChI is InChI=1S/C22H21N3O2.C2HF3O2/c26-22-25(11-12-27-22)21-6-2-4-18(14-21)16-24-15-17-3-1-5-20(13-17)19-7-9-23-10-8-19;3-2(4,5)1(6)7/h1-10,13-14,24H,11-12,15-16H2;(H,6,7). The number of alkyl halides is 3. The number of nitrogens with one attached hydrogen (secondary N) is 1. The molecule has 0 spiro atoms. The lowest BCUT2D eigenvalue weighted by Gasteiger charge is -2.14. The van der Waals surface area contributed by atoms with Crippen molar-refractivity contribution in [3.05, 3.63) is 84.2 Å². The zero-order chi connectivity index (χ0) is 24.6. The first kappa shape index (κ1) is 24.7. The number of carboxylic acids is 1. The van der Waals surface area contributed by atoms with Crippen molar-refractivity contribution in [2.45, 2.75) is 19.3 Å². The van der Waals surface area contributed by atoms with Gasteiger partial charge in [0.15, 0.2) is 0 Å². The Morgan fingerprint density at radius 1 is 1.00 bits per heavy atom. The number of hydrogen-bond donors (Lipinski definition) is 2. The normalized spacial score (nSPS) is 13.1. The van der Waals surface area contributed by atoms with Crippen LogP contribution in [0.25, 0.3) is 11.1 Å². The van der Waals surface area contributed by atoms with Gasteiger partial charge in [0, 0.05) is 31.2 Å². The maximum atomic E-state index is 11.7. The number of anilines is 1. The molecule has 0 unspecified atom stereocenters. The fourth-order valence-electron chi connectivity index (χ4n) is 3.22. The molecule has 1 aliphatic heterocycles. The highest BCUT2D eigenvalue weighted by atomic mass is 19.4. The number of carbonyl (C=O) groups is 2. The number of carbonyl (C=O) groups excluding carboxylic acids is 1. The molecule has 10 heteroatoms. The molecule has 1 aliphatic rings. The van der Waals surface area contributed by atoms with Crippen LogP contribution in [0.4, 0.5) is 23.7 Å². The number of aliphatic carboxylic acids is 1. The Bertz CT molecular complexity index is 1120. The lowest BCUT2D eigenvalue weighted by atomic mass is 10.0. The third-order valence-electron chi connectivity index (χ3n) is 4.82. The SMILES string of the molecule is O=C(O)C(F)(F)F.O=C1OCCN1c1cccc(CNCc2cccc(-c3ccncc3)c2)c1. The number of cyclic esters (lactones) is 1. The number of rotatable bonds is 6. The van der Waals surface area contributed by atoms with E-state index in [-0.39, 0.29) is 6.09 Å². The van der Waals surface area contributed by atoms with E-state index in [0.717, 1.165) is 29.9 Å².